The van der Waals surface area contributed by atoms with Crippen molar-refractivity contribution < 1.29 is 4.79 Å². The molecule has 0 bridgehead atoms. The molecule has 0 radical (unpaired) electrons. The molecule has 0 aliphatic carbocycles. The molecule has 142 valence electrons. The highest BCUT2D eigenvalue weighted by molar-refractivity contribution is 6.02. The van der Waals surface area contributed by atoms with E-state index in [1.54, 1.807) is 5.01 Å². The summed E-state index contributed by atoms with van der Waals surface area (Å²) in [6, 6.07) is 20.0. The largest absolute Gasteiger partial charge is 0.293 e. The maximum Gasteiger partial charge on any atom is 0.256 e. The fourth-order valence-corrected chi connectivity index (χ4v) is 3.31. The van der Waals surface area contributed by atoms with Gasteiger partial charge in [-0.05, 0) is 24.7 Å². The molecule has 2 heterocycles. The Morgan fingerprint density at radius 2 is 1.79 bits per heavy atom. The molecule has 6 heteroatoms. The first-order valence-electron chi connectivity index (χ1n) is 9.40. The van der Waals surface area contributed by atoms with E-state index in [4.69, 9.17) is 0 Å². The molecule has 0 fully saturated rings. The fourth-order valence-electron chi connectivity index (χ4n) is 3.31. The van der Waals surface area contributed by atoms with Crippen molar-refractivity contribution in [3.05, 3.63) is 84.2 Å². The fraction of sp³-hybridized carbons (Fsp3) is 0.227. The van der Waals surface area contributed by atoms with E-state index in [0.717, 1.165) is 28.9 Å². The Bertz CT molecular complexity index is 965. The molecular formula is C22H23N5O. The van der Waals surface area contributed by atoms with Gasteiger partial charge in [0.2, 0.25) is 0 Å². The van der Waals surface area contributed by atoms with Crippen LogP contribution in [0.15, 0.2) is 78.2 Å². The van der Waals surface area contributed by atoms with Gasteiger partial charge in [-0.2, -0.15) is 10.2 Å². The topological polar surface area (TPSA) is 53.7 Å². The average Bonchev–Trinajstić information content (AvgIpc) is 3.39. The summed E-state index contributed by atoms with van der Waals surface area (Å²) in [4.78, 5) is 14.6. The van der Waals surface area contributed by atoms with E-state index in [1.807, 2.05) is 89.7 Å². The summed E-state index contributed by atoms with van der Waals surface area (Å²) in [5.41, 5.74) is 4.14. The smallest absolute Gasteiger partial charge is 0.256 e. The van der Waals surface area contributed by atoms with Gasteiger partial charge in [-0.15, -0.1) is 0 Å². The van der Waals surface area contributed by atoms with Gasteiger partial charge in [0.15, 0.2) is 0 Å². The number of carbonyl (C=O) groups is 1. The number of hydrogen-bond donors (Lipinski definition) is 0. The van der Waals surface area contributed by atoms with Gasteiger partial charge in [0, 0.05) is 24.7 Å². The van der Waals surface area contributed by atoms with Crippen molar-refractivity contribution in [3.63, 3.8) is 0 Å². The molecule has 0 saturated carbocycles. The average molecular weight is 373 g/mol. The zero-order chi connectivity index (χ0) is 19.3. The molecule has 4 rings (SSSR count). The van der Waals surface area contributed by atoms with Gasteiger partial charge < -0.3 is 0 Å². The number of hydrogen-bond acceptors (Lipinski definition) is 4. The van der Waals surface area contributed by atoms with Gasteiger partial charge in [0.05, 0.1) is 30.7 Å². The number of amides is 1. The summed E-state index contributed by atoms with van der Waals surface area (Å²) in [7, 11) is 1.94. The number of benzene rings is 2. The van der Waals surface area contributed by atoms with Gasteiger partial charge in [-0.25, -0.2) is 9.69 Å². The monoisotopic (exact) mass is 373 g/mol. The van der Waals surface area contributed by atoms with E-state index < -0.39 is 0 Å². The Morgan fingerprint density at radius 3 is 2.54 bits per heavy atom. The van der Waals surface area contributed by atoms with Crippen molar-refractivity contribution in [1.29, 1.82) is 0 Å². The maximum atomic E-state index is 12.6. The number of aromatic nitrogens is 2. The number of hydrazone groups is 1. The Balaban J connectivity index is 1.34. The Labute approximate surface area is 164 Å². The van der Waals surface area contributed by atoms with Gasteiger partial charge >= 0.3 is 0 Å². The minimum absolute atomic E-state index is 0.0175. The Hall–Kier alpha value is -3.25. The lowest BCUT2D eigenvalue weighted by Crippen LogP contribution is -2.34. The molecule has 1 amide bonds. The van der Waals surface area contributed by atoms with Crippen molar-refractivity contribution in [2.24, 2.45) is 5.10 Å². The van der Waals surface area contributed by atoms with Crippen LogP contribution in [-0.4, -0.2) is 51.4 Å². The highest BCUT2D eigenvalue weighted by Gasteiger charge is 2.22. The molecule has 0 saturated heterocycles. The third-order valence-electron chi connectivity index (χ3n) is 4.71. The van der Waals surface area contributed by atoms with Crippen LogP contribution in [0.4, 0.5) is 0 Å². The van der Waals surface area contributed by atoms with Crippen molar-refractivity contribution >= 4 is 11.6 Å². The minimum Gasteiger partial charge on any atom is -0.293 e. The summed E-state index contributed by atoms with van der Waals surface area (Å²) in [6.45, 7) is 1.62. The lowest BCUT2D eigenvalue weighted by Gasteiger charge is -2.18. The molecule has 0 unspecified atom stereocenters. The predicted molar refractivity (Wildman–Crippen MR) is 109 cm³/mol. The quantitative estimate of drug-likeness (QED) is 0.668. The molecule has 0 N–H and O–H groups in total. The Morgan fingerprint density at radius 1 is 1.07 bits per heavy atom. The number of carbonyl (C=O) groups excluding carboxylic acids is 1. The molecule has 0 spiro atoms. The molecule has 2 aromatic carbocycles. The second-order valence-corrected chi connectivity index (χ2v) is 6.98. The van der Waals surface area contributed by atoms with E-state index in [2.05, 4.69) is 10.2 Å². The van der Waals surface area contributed by atoms with Gasteiger partial charge in [-0.1, -0.05) is 48.5 Å². The van der Waals surface area contributed by atoms with Crippen molar-refractivity contribution in [3.8, 4) is 5.69 Å². The molecule has 28 heavy (non-hydrogen) atoms. The van der Waals surface area contributed by atoms with E-state index in [-0.39, 0.29) is 5.91 Å². The van der Waals surface area contributed by atoms with E-state index in [1.165, 1.54) is 0 Å². The van der Waals surface area contributed by atoms with Crippen LogP contribution in [0.5, 0.6) is 0 Å². The van der Waals surface area contributed by atoms with E-state index in [0.29, 0.717) is 19.6 Å². The number of nitrogens with zero attached hydrogens (tertiary/aromatic N) is 5. The Kier molecular flexibility index (Phi) is 5.30. The first-order chi connectivity index (χ1) is 13.7. The molecular weight excluding hydrogens is 350 g/mol. The second kappa shape index (κ2) is 8.19. The first-order valence-corrected chi connectivity index (χ1v) is 9.40. The minimum atomic E-state index is 0.0175. The van der Waals surface area contributed by atoms with Crippen molar-refractivity contribution in [2.45, 2.75) is 13.0 Å². The second-order valence-electron chi connectivity index (χ2n) is 6.98. The summed E-state index contributed by atoms with van der Waals surface area (Å²) < 4.78 is 1.85. The highest BCUT2D eigenvalue weighted by atomic mass is 16.2. The highest BCUT2D eigenvalue weighted by Crippen LogP contribution is 2.14. The lowest BCUT2D eigenvalue weighted by molar-refractivity contribution is -0.131. The van der Waals surface area contributed by atoms with Crippen LogP contribution in [0, 0.1) is 0 Å². The normalized spacial score (nSPS) is 13.8. The lowest BCUT2D eigenvalue weighted by atomic mass is 10.1. The van der Waals surface area contributed by atoms with Gasteiger partial charge in [0.25, 0.3) is 5.91 Å². The third kappa shape index (κ3) is 4.18. The maximum absolute atomic E-state index is 12.6. The zero-order valence-corrected chi connectivity index (χ0v) is 15.9. The number of para-hydroxylation sites is 1. The predicted octanol–water partition coefficient (Wildman–Crippen LogP) is 2.94. The summed E-state index contributed by atoms with van der Waals surface area (Å²) in [5, 5.41) is 10.5. The molecule has 1 aliphatic heterocycles. The molecule has 3 aromatic rings. The zero-order valence-electron chi connectivity index (χ0n) is 15.9. The molecule has 6 nitrogen and oxygen atoms in total. The van der Waals surface area contributed by atoms with E-state index >= 15 is 0 Å². The van der Waals surface area contributed by atoms with Crippen LogP contribution in [0.2, 0.25) is 0 Å². The SMILES string of the molecule is CN(CC(=O)N1CCC(c2ccccc2)=N1)Cc1cnn(-c2ccccc2)c1. The molecule has 1 aliphatic rings. The van der Waals surface area contributed by atoms with Crippen LogP contribution in [0.25, 0.3) is 5.69 Å². The van der Waals surface area contributed by atoms with Crippen LogP contribution in [0.3, 0.4) is 0 Å². The molecule has 0 atom stereocenters. The van der Waals surface area contributed by atoms with Gasteiger partial charge in [0.1, 0.15) is 0 Å². The number of rotatable bonds is 6. The summed E-state index contributed by atoms with van der Waals surface area (Å²) in [6.07, 6.45) is 4.64. The standard InChI is InChI=1S/C22H23N5O/c1-25(15-18-14-23-27(16-18)20-10-6-3-7-11-20)17-22(28)26-13-12-21(24-26)19-8-4-2-5-9-19/h2-11,14,16H,12-13,15,17H2,1H3. The third-order valence-corrected chi connectivity index (χ3v) is 4.71. The molecule has 1 aromatic heterocycles. The van der Waals surface area contributed by atoms with Crippen molar-refractivity contribution in [2.75, 3.05) is 20.1 Å². The number of likely N-dealkylation sites (N-methyl/N-ethyl adjacent to an activating group) is 1. The first kappa shape index (κ1) is 18.1. The van der Waals surface area contributed by atoms with Crippen LogP contribution < -0.4 is 0 Å². The van der Waals surface area contributed by atoms with Gasteiger partial charge in [-0.3, -0.25) is 9.69 Å². The van der Waals surface area contributed by atoms with Crippen molar-refractivity contribution in [1.82, 2.24) is 19.7 Å². The van der Waals surface area contributed by atoms with Crippen LogP contribution in [0.1, 0.15) is 17.5 Å². The summed E-state index contributed by atoms with van der Waals surface area (Å²) in [5.74, 6) is 0.0175. The van der Waals surface area contributed by atoms with Crippen LogP contribution in [-0.2, 0) is 11.3 Å². The summed E-state index contributed by atoms with van der Waals surface area (Å²) >= 11 is 0. The van der Waals surface area contributed by atoms with E-state index in [9.17, 15) is 4.79 Å². The van der Waals surface area contributed by atoms with Crippen LogP contribution >= 0.6 is 0 Å².